The number of anilines is 2. The number of benzene rings is 1. The number of amides is 1. The summed E-state index contributed by atoms with van der Waals surface area (Å²) in [6.45, 7) is 9.74. The van der Waals surface area contributed by atoms with Crippen LogP contribution in [0.15, 0.2) is 43.1 Å². The molecular weight excluding hydrogens is 326 g/mol. The van der Waals surface area contributed by atoms with Crippen molar-refractivity contribution in [3.8, 4) is 11.1 Å². The monoisotopic (exact) mass is 349 g/mol. The predicted molar refractivity (Wildman–Crippen MR) is 102 cm³/mol. The molecule has 0 spiro atoms. The van der Waals surface area contributed by atoms with Gasteiger partial charge in [-0.25, -0.2) is 15.0 Å². The molecule has 3 heterocycles. The Bertz CT molecular complexity index is 914. The van der Waals surface area contributed by atoms with Crippen molar-refractivity contribution in [2.75, 3.05) is 4.90 Å². The maximum Gasteiger partial charge on any atom is 0.242 e. The second kappa shape index (κ2) is 6.71. The molecule has 26 heavy (non-hydrogen) atoms. The van der Waals surface area contributed by atoms with E-state index in [2.05, 4.69) is 19.9 Å². The molecule has 0 saturated carbocycles. The lowest BCUT2D eigenvalue weighted by atomic mass is 9.85. The zero-order valence-corrected chi connectivity index (χ0v) is 15.7. The second-order valence-electron chi connectivity index (χ2n) is 6.45. The zero-order chi connectivity index (χ0) is 18.9. The van der Waals surface area contributed by atoms with Gasteiger partial charge in [-0.3, -0.25) is 9.69 Å². The van der Waals surface area contributed by atoms with E-state index >= 15 is 0 Å². The van der Waals surface area contributed by atoms with Crippen molar-refractivity contribution in [2.45, 2.75) is 40.0 Å². The fourth-order valence-corrected chi connectivity index (χ4v) is 3.08. The largest absolute Gasteiger partial charge is 0.331 e. The Kier molecular flexibility index (Phi) is 4.59. The molecule has 1 aliphatic heterocycles. The average molecular weight is 349 g/mol. The molecule has 0 fully saturated rings. The van der Waals surface area contributed by atoms with E-state index in [4.69, 9.17) is 0 Å². The molecule has 3 aromatic rings. The molecule has 0 bridgehead atoms. The maximum atomic E-state index is 12.9. The first-order valence-corrected chi connectivity index (χ1v) is 8.75. The van der Waals surface area contributed by atoms with Crippen LogP contribution in [0.4, 0.5) is 11.5 Å². The van der Waals surface area contributed by atoms with E-state index in [-0.39, 0.29) is 5.91 Å². The van der Waals surface area contributed by atoms with Crippen LogP contribution in [0.25, 0.3) is 11.1 Å². The van der Waals surface area contributed by atoms with Gasteiger partial charge in [0.1, 0.15) is 11.6 Å². The summed E-state index contributed by atoms with van der Waals surface area (Å²) in [5.41, 5.74) is 3.18. The van der Waals surface area contributed by atoms with Crippen molar-refractivity contribution in [3.63, 3.8) is 0 Å². The number of imidazole rings is 1. The van der Waals surface area contributed by atoms with Crippen LogP contribution in [-0.4, -0.2) is 25.8 Å². The zero-order valence-electron chi connectivity index (χ0n) is 15.7. The summed E-state index contributed by atoms with van der Waals surface area (Å²) in [5, 5.41) is 0. The first-order valence-electron chi connectivity index (χ1n) is 8.75. The number of fused-ring (bicyclic) bond motifs is 1. The Balaban J connectivity index is 0.000000948. The van der Waals surface area contributed by atoms with E-state index in [1.54, 1.807) is 29.8 Å². The summed E-state index contributed by atoms with van der Waals surface area (Å²) >= 11 is 0. The van der Waals surface area contributed by atoms with Gasteiger partial charge in [-0.1, -0.05) is 26.0 Å². The molecule has 6 nitrogen and oxygen atoms in total. The Hall–Kier alpha value is -3.02. The van der Waals surface area contributed by atoms with E-state index < -0.39 is 5.41 Å². The third-order valence-corrected chi connectivity index (χ3v) is 4.49. The molecule has 1 aromatic carbocycles. The van der Waals surface area contributed by atoms with E-state index in [1.165, 1.54) is 0 Å². The van der Waals surface area contributed by atoms with Crippen molar-refractivity contribution < 1.29 is 4.79 Å². The number of aromatic nitrogens is 4. The van der Waals surface area contributed by atoms with Gasteiger partial charge in [0, 0.05) is 18.0 Å². The lowest BCUT2D eigenvalue weighted by Gasteiger charge is -2.18. The average Bonchev–Trinajstić information content (AvgIpc) is 3.23. The SMILES string of the molecule is CC.Cc1ncc(-c2ccc3c(c2)N(c2cnc[nH]2)C(=O)C3(C)C)cn1. The third-order valence-electron chi connectivity index (χ3n) is 4.49. The molecule has 1 aliphatic rings. The van der Waals surface area contributed by atoms with Gasteiger partial charge < -0.3 is 4.98 Å². The van der Waals surface area contributed by atoms with Crippen LogP contribution in [0.3, 0.4) is 0 Å². The summed E-state index contributed by atoms with van der Waals surface area (Å²) in [6, 6.07) is 6.04. The number of hydrogen-bond acceptors (Lipinski definition) is 4. The first-order chi connectivity index (χ1) is 12.5. The van der Waals surface area contributed by atoms with Crippen LogP contribution in [0, 0.1) is 6.92 Å². The van der Waals surface area contributed by atoms with Crippen LogP contribution < -0.4 is 4.90 Å². The molecule has 1 amide bonds. The fourth-order valence-electron chi connectivity index (χ4n) is 3.08. The quantitative estimate of drug-likeness (QED) is 0.754. The smallest absolute Gasteiger partial charge is 0.242 e. The van der Waals surface area contributed by atoms with Crippen LogP contribution in [-0.2, 0) is 10.2 Å². The maximum absolute atomic E-state index is 12.9. The van der Waals surface area contributed by atoms with Gasteiger partial charge in [0.15, 0.2) is 0 Å². The van der Waals surface area contributed by atoms with Crippen LogP contribution in [0.5, 0.6) is 0 Å². The molecule has 0 atom stereocenters. The van der Waals surface area contributed by atoms with E-state index in [9.17, 15) is 4.79 Å². The summed E-state index contributed by atoms with van der Waals surface area (Å²) in [7, 11) is 0. The normalized spacial score (nSPS) is 14.7. The number of H-pyrrole nitrogens is 1. The third kappa shape index (κ3) is 2.77. The molecule has 0 saturated heterocycles. The summed E-state index contributed by atoms with van der Waals surface area (Å²) in [6.07, 6.45) is 6.83. The molecule has 2 aromatic heterocycles. The van der Waals surface area contributed by atoms with Crippen LogP contribution in [0.2, 0.25) is 0 Å². The lowest BCUT2D eigenvalue weighted by molar-refractivity contribution is -0.121. The molecular formula is C20H23N5O. The van der Waals surface area contributed by atoms with Crippen molar-refractivity contribution >= 4 is 17.4 Å². The minimum Gasteiger partial charge on any atom is -0.331 e. The summed E-state index contributed by atoms with van der Waals surface area (Å²) in [4.78, 5) is 30.2. The molecule has 0 aliphatic carbocycles. The van der Waals surface area contributed by atoms with E-state index in [1.807, 2.05) is 52.8 Å². The molecule has 6 heteroatoms. The molecule has 4 rings (SSSR count). The Morgan fingerprint density at radius 1 is 1.04 bits per heavy atom. The van der Waals surface area contributed by atoms with E-state index in [0.717, 1.165) is 28.2 Å². The number of nitrogens with one attached hydrogen (secondary N) is 1. The van der Waals surface area contributed by atoms with Gasteiger partial charge >= 0.3 is 0 Å². The standard InChI is InChI=1S/C18H17N5O.C2H6/c1-11-20-7-13(8-21-11)12-4-5-14-15(6-12)23(16-9-19-10-22-16)17(24)18(14,2)3;1-2/h4-10H,1-3H3,(H,19,22);1-2H3. The number of aryl methyl sites for hydroxylation is 1. The lowest BCUT2D eigenvalue weighted by Crippen LogP contribution is -2.33. The Labute approximate surface area is 153 Å². The van der Waals surface area contributed by atoms with Crippen molar-refractivity contribution in [1.29, 1.82) is 0 Å². The summed E-state index contributed by atoms with van der Waals surface area (Å²) < 4.78 is 0. The van der Waals surface area contributed by atoms with Crippen molar-refractivity contribution in [1.82, 2.24) is 19.9 Å². The topological polar surface area (TPSA) is 74.8 Å². The first kappa shape index (κ1) is 17.8. The minimum atomic E-state index is -0.581. The minimum absolute atomic E-state index is 0.0269. The molecule has 134 valence electrons. The van der Waals surface area contributed by atoms with Gasteiger partial charge in [0.2, 0.25) is 5.91 Å². The molecule has 1 N–H and O–H groups in total. The van der Waals surface area contributed by atoms with Gasteiger partial charge in [-0.05, 0) is 38.0 Å². The highest BCUT2D eigenvalue weighted by molar-refractivity contribution is 6.12. The Morgan fingerprint density at radius 3 is 2.35 bits per heavy atom. The highest BCUT2D eigenvalue weighted by Gasteiger charge is 2.45. The van der Waals surface area contributed by atoms with Gasteiger partial charge in [0.05, 0.1) is 23.6 Å². The van der Waals surface area contributed by atoms with Gasteiger partial charge in [0.25, 0.3) is 0 Å². The number of aromatic amines is 1. The molecule has 0 radical (unpaired) electrons. The van der Waals surface area contributed by atoms with Gasteiger partial charge in [-0.2, -0.15) is 0 Å². The second-order valence-corrected chi connectivity index (χ2v) is 6.45. The summed E-state index contributed by atoms with van der Waals surface area (Å²) in [5.74, 6) is 1.43. The molecule has 0 unspecified atom stereocenters. The van der Waals surface area contributed by atoms with Crippen LogP contribution >= 0.6 is 0 Å². The number of carbonyl (C=O) groups is 1. The fraction of sp³-hybridized carbons (Fsp3) is 0.300. The van der Waals surface area contributed by atoms with Gasteiger partial charge in [-0.15, -0.1) is 0 Å². The number of nitrogens with zero attached hydrogens (tertiary/aromatic N) is 4. The number of carbonyl (C=O) groups excluding carboxylic acids is 1. The number of hydrogen-bond donors (Lipinski definition) is 1. The Morgan fingerprint density at radius 2 is 1.73 bits per heavy atom. The van der Waals surface area contributed by atoms with Crippen molar-refractivity contribution in [3.05, 3.63) is 54.5 Å². The number of rotatable bonds is 2. The predicted octanol–water partition coefficient (Wildman–Crippen LogP) is 4.16. The van der Waals surface area contributed by atoms with Crippen molar-refractivity contribution in [2.24, 2.45) is 0 Å². The highest BCUT2D eigenvalue weighted by Crippen LogP contribution is 2.46. The highest BCUT2D eigenvalue weighted by atomic mass is 16.2. The van der Waals surface area contributed by atoms with E-state index in [0.29, 0.717) is 5.82 Å². The van der Waals surface area contributed by atoms with Crippen LogP contribution in [0.1, 0.15) is 39.1 Å².